The molecule has 0 aromatic heterocycles. The third-order valence-corrected chi connectivity index (χ3v) is 5.14. The number of halogens is 1. The van der Waals surface area contributed by atoms with Crippen LogP contribution in [0.25, 0.3) is 0 Å². The molecule has 0 aromatic carbocycles. The van der Waals surface area contributed by atoms with Crippen LogP contribution < -0.4 is 0 Å². The summed E-state index contributed by atoms with van der Waals surface area (Å²) in [5.41, 5.74) is -0.198. The average molecular weight is 276 g/mol. The predicted molar refractivity (Wildman–Crippen MR) is 67.2 cm³/mol. The summed E-state index contributed by atoms with van der Waals surface area (Å²) in [7, 11) is 1.92. The highest BCUT2D eigenvalue weighted by atomic mass is 79.9. The topological polar surface area (TPSA) is 20.3 Å². The highest BCUT2D eigenvalue weighted by Crippen LogP contribution is 2.40. The Balaban J connectivity index is 2.76. The van der Waals surface area contributed by atoms with Crippen molar-refractivity contribution in [3.8, 4) is 0 Å². The van der Waals surface area contributed by atoms with E-state index in [1.807, 2.05) is 11.9 Å². The Labute approximate surface area is 102 Å². The first-order chi connectivity index (χ1) is 6.83. The Bertz CT molecular complexity index is 244. The molecule has 1 saturated carbocycles. The van der Waals surface area contributed by atoms with Gasteiger partial charge in [0.2, 0.25) is 5.91 Å². The van der Waals surface area contributed by atoms with E-state index >= 15 is 0 Å². The van der Waals surface area contributed by atoms with Crippen LogP contribution in [-0.4, -0.2) is 28.7 Å². The molecule has 15 heavy (non-hydrogen) atoms. The smallest absolute Gasteiger partial charge is 0.228 e. The van der Waals surface area contributed by atoms with Crippen LogP contribution in [0.1, 0.15) is 46.5 Å². The summed E-state index contributed by atoms with van der Waals surface area (Å²) in [5, 5.41) is 0.818. The number of alkyl halides is 1. The number of nitrogens with zero attached hydrogens (tertiary/aromatic N) is 1. The lowest BCUT2D eigenvalue weighted by molar-refractivity contribution is -0.143. The molecule has 88 valence electrons. The molecular weight excluding hydrogens is 254 g/mol. The standard InChI is InChI=1S/C12H22BrNO/c1-11(2,9-13)14(4)10(15)12(3)7-5-6-8-12/h5-9H2,1-4H3. The molecule has 0 N–H and O–H groups in total. The summed E-state index contributed by atoms with van der Waals surface area (Å²) in [6, 6.07) is 0. The maximum Gasteiger partial charge on any atom is 0.228 e. The number of carbonyl (C=O) groups excluding carboxylic acids is 1. The van der Waals surface area contributed by atoms with Crippen LogP contribution in [0.2, 0.25) is 0 Å². The van der Waals surface area contributed by atoms with Crippen LogP contribution in [0.4, 0.5) is 0 Å². The second-order valence-corrected chi connectivity index (χ2v) is 6.14. The van der Waals surface area contributed by atoms with Crippen LogP contribution in [0.3, 0.4) is 0 Å². The van der Waals surface area contributed by atoms with Gasteiger partial charge in [0.25, 0.3) is 0 Å². The van der Waals surface area contributed by atoms with Gasteiger partial charge >= 0.3 is 0 Å². The van der Waals surface area contributed by atoms with Crippen molar-refractivity contribution in [2.45, 2.75) is 52.0 Å². The van der Waals surface area contributed by atoms with Gasteiger partial charge in [-0.05, 0) is 26.7 Å². The van der Waals surface area contributed by atoms with Crippen LogP contribution in [0, 0.1) is 5.41 Å². The van der Waals surface area contributed by atoms with Crippen molar-refractivity contribution >= 4 is 21.8 Å². The minimum Gasteiger partial charge on any atom is -0.339 e. The zero-order valence-corrected chi connectivity index (χ0v) is 11.9. The maximum absolute atomic E-state index is 12.4. The second kappa shape index (κ2) is 4.44. The Hall–Kier alpha value is -0.0500. The van der Waals surface area contributed by atoms with Gasteiger partial charge in [0.15, 0.2) is 0 Å². The zero-order valence-electron chi connectivity index (χ0n) is 10.3. The third-order valence-electron chi connectivity index (χ3n) is 3.76. The summed E-state index contributed by atoms with van der Waals surface area (Å²) in [6.07, 6.45) is 4.50. The molecule has 0 aliphatic heterocycles. The second-order valence-electron chi connectivity index (χ2n) is 5.58. The van der Waals surface area contributed by atoms with Crippen LogP contribution >= 0.6 is 15.9 Å². The van der Waals surface area contributed by atoms with Gasteiger partial charge in [-0.25, -0.2) is 0 Å². The van der Waals surface area contributed by atoms with Crippen molar-refractivity contribution < 1.29 is 4.79 Å². The van der Waals surface area contributed by atoms with Gasteiger partial charge in [0.1, 0.15) is 0 Å². The van der Waals surface area contributed by atoms with Crippen LogP contribution in [-0.2, 0) is 4.79 Å². The van der Waals surface area contributed by atoms with E-state index in [4.69, 9.17) is 0 Å². The first kappa shape index (κ1) is 13.0. The molecule has 1 rings (SSSR count). The van der Waals surface area contributed by atoms with Crippen LogP contribution in [0.15, 0.2) is 0 Å². The van der Waals surface area contributed by atoms with Crippen molar-refractivity contribution in [3.05, 3.63) is 0 Å². The fraction of sp³-hybridized carbons (Fsp3) is 0.917. The van der Waals surface area contributed by atoms with Gasteiger partial charge in [-0.15, -0.1) is 0 Å². The Morgan fingerprint density at radius 2 is 1.87 bits per heavy atom. The molecule has 1 fully saturated rings. The minimum atomic E-state index is -0.103. The normalized spacial score (nSPS) is 20.3. The maximum atomic E-state index is 12.4. The molecule has 1 aliphatic carbocycles. The van der Waals surface area contributed by atoms with Gasteiger partial charge in [0.05, 0.1) is 0 Å². The third kappa shape index (κ3) is 2.55. The first-order valence-corrected chi connectivity index (χ1v) is 6.80. The van der Waals surface area contributed by atoms with E-state index < -0.39 is 0 Å². The number of carbonyl (C=O) groups is 1. The van der Waals surface area contributed by atoms with E-state index in [-0.39, 0.29) is 11.0 Å². The summed E-state index contributed by atoms with van der Waals surface area (Å²) < 4.78 is 0. The van der Waals surface area contributed by atoms with E-state index in [1.165, 1.54) is 12.8 Å². The summed E-state index contributed by atoms with van der Waals surface area (Å²) in [5.74, 6) is 0.310. The van der Waals surface area contributed by atoms with Gasteiger partial charge in [0, 0.05) is 23.3 Å². The SMILES string of the molecule is CN(C(=O)C1(C)CCCC1)C(C)(C)CBr. The quantitative estimate of drug-likeness (QED) is 0.725. The molecule has 0 atom stereocenters. The molecule has 0 radical (unpaired) electrons. The summed E-state index contributed by atoms with van der Waals surface area (Å²) in [4.78, 5) is 14.3. The fourth-order valence-corrected chi connectivity index (χ4v) is 2.51. The molecule has 3 heteroatoms. The highest BCUT2D eigenvalue weighted by molar-refractivity contribution is 9.09. The van der Waals surface area contributed by atoms with E-state index in [0.29, 0.717) is 5.91 Å². The van der Waals surface area contributed by atoms with Gasteiger partial charge in [-0.3, -0.25) is 4.79 Å². The van der Waals surface area contributed by atoms with Gasteiger partial charge < -0.3 is 4.90 Å². The molecule has 0 bridgehead atoms. The Morgan fingerprint density at radius 1 is 1.40 bits per heavy atom. The molecular formula is C12H22BrNO. The molecule has 1 aliphatic rings. The van der Waals surface area contributed by atoms with Crippen molar-refractivity contribution in [2.75, 3.05) is 12.4 Å². The van der Waals surface area contributed by atoms with Crippen molar-refractivity contribution in [3.63, 3.8) is 0 Å². The predicted octanol–water partition coefficient (Wildman–Crippen LogP) is 3.20. The van der Waals surface area contributed by atoms with Crippen molar-refractivity contribution in [1.29, 1.82) is 0 Å². The van der Waals surface area contributed by atoms with Crippen LogP contribution in [0.5, 0.6) is 0 Å². The number of amides is 1. The average Bonchev–Trinajstić information content (AvgIpc) is 2.64. The largest absolute Gasteiger partial charge is 0.339 e. The van der Waals surface area contributed by atoms with E-state index in [2.05, 4.69) is 36.7 Å². The minimum absolute atomic E-state index is 0.0946. The number of hydrogen-bond acceptors (Lipinski definition) is 1. The van der Waals surface area contributed by atoms with Gasteiger partial charge in [-0.1, -0.05) is 35.7 Å². The molecule has 0 saturated heterocycles. The molecule has 2 nitrogen and oxygen atoms in total. The van der Waals surface area contributed by atoms with E-state index in [9.17, 15) is 4.79 Å². The lowest BCUT2D eigenvalue weighted by Gasteiger charge is -2.39. The number of hydrogen-bond donors (Lipinski definition) is 0. The number of rotatable bonds is 3. The molecule has 0 aromatic rings. The lowest BCUT2D eigenvalue weighted by atomic mass is 9.86. The molecule has 0 unspecified atom stereocenters. The van der Waals surface area contributed by atoms with Crippen molar-refractivity contribution in [1.82, 2.24) is 4.90 Å². The monoisotopic (exact) mass is 275 g/mol. The molecule has 0 heterocycles. The van der Waals surface area contributed by atoms with Gasteiger partial charge in [-0.2, -0.15) is 0 Å². The van der Waals surface area contributed by atoms with Crippen molar-refractivity contribution in [2.24, 2.45) is 5.41 Å². The Kier molecular flexibility index (Phi) is 3.85. The fourth-order valence-electron chi connectivity index (χ4n) is 2.14. The Morgan fingerprint density at radius 3 is 2.27 bits per heavy atom. The summed E-state index contributed by atoms with van der Waals surface area (Å²) in [6.45, 7) is 6.30. The summed E-state index contributed by atoms with van der Waals surface area (Å²) >= 11 is 3.47. The molecule has 0 spiro atoms. The molecule has 1 amide bonds. The lowest BCUT2D eigenvalue weighted by Crippen LogP contribution is -2.51. The first-order valence-electron chi connectivity index (χ1n) is 5.68. The highest BCUT2D eigenvalue weighted by Gasteiger charge is 2.41. The van der Waals surface area contributed by atoms with E-state index in [0.717, 1.165) is 18.2 Å². The zero-order chi connectivity index (χ0) is 11.7. The van der Waals surface area contributed by atoms with E-state index in [1.54, 1.807) is 0 Å².